The van der Waals surface area contributed by atoms with Crippen molar-refractivity contribution in [2.45, 2.75) is 32.7 Å². The van der Waals surface area contributed by atoms with Gasteiger partial charge in [0.1, 0.15) is 0 Å². The smallest absolute Gasteiger partial charge is 0.224 e. The van der Waals surface area contributed by atoms with Crippen LogP contribution in [0.1, 0.15) is 36.9 Å². The molecule has 0 bridgehead atoms. The molecule has 1 aromatic carbocycles. The van der Waals surface area contributed by atoms with Gasteiger partial charge in [-0.3, -0.25) is 4.79 Å². The highest BCUT2D eigenvalue weighted by Crippen LogP contribution is 2.18. The van der Waals surface area contributed by atoms with E-state index in [9.17, 15) is 4.79 Å². The van der Waals surface area contributed by atoms with Gasteiger partial charge in [-0.2, -0.15) is 0 Å². The average molecular weight is 246 g/mol. The Morgan fingerprint density at radius 3 is 2.89 bits per heavy atom. The molecule has 0 aromatic heterocycles. The normalized spacial score (nSPS) is 21.3. The molecule has 0 saturated carbocycles. The van der Waals surface area contributed by atoms with E-state index < -0.39 is 0 Å². The van der Waals surface area contributed by atoms with Crippen molar-refractivity contribution < 1.29 is 4.79 Å². The summed E-state index contributed by atoms with van der Waals surface area (Å²) >= 11 is 0. The number of hydrogen-bond donors (Lipinski definition) is 2. The summed E-state index contributed by atoms with van der Waals surface area (Å²) in [6.45, 7) is 5.99. The van der Waals surface area contributed by atoms with Crippen LogP contribution in [0.2, 0.25) is 0 Å². The minimum absolute atomic E-state index is 0.0839. The average Bonchev–Trinajstić information content (AvgIpc) is 2.40. The van der Waals surface area contributed by atoms with Gasteiger partial charge in [-0.25, -0.2) is 0 Å². The Morgan fingerprint density at radius 1 is 1.44 bits per heavy atom. The van der Waals surface area contributed by atoms with Crippen molar-refractivity contribution in [3.63, 3.8) is 0 Å². The molecule has 98 valence electrons. The molecule has 1 aliphatic heterocycles. The van der Waals surface area contributed by atoms with Crippen LogP contribution in [-0.4, -0.2) is 19.0 Å². The van der Waals surface area contributed by atoms with Crippen LogP contribution in [0.15, 0.2) is 24.3 Å². The van der Waals surface area contributed by atoms with E-state index in [1.807, 2.05) is 12.1 Å². The minimum Gasteiger partial charge on any atom is -0.349 e. The fourth-order valence-electron chi connectivity index (χ4n) is 2.56. The molecular weight excluding hydrogens is 224 g/mol. The van der Waals surface area contributed by atoms with Crippen molar-refractivity contribution in [2.75, 3.05) is 13.1 Å². The maximum absolute atomic E-state index is 12.1. The molecule has 1 heterocycles. The predicted molar refractivity (Wildman–Crippen MR) is 73.3 cm³/mol. The predicted octanol–water partition coefficient (Wildman–Crippen LogP) is 2.17. The molecule has 0 radical (unpaired) electrons. The number of carbonyl (C=O) groups is 1. The molecule has 18 heavy (non-hydrogen) atoms. The van der Waals surface area contributed by atoms with Crippen LogP contribution in [-0.2, 0) is 4.79 Å². The number of benzene rings is 1. The van der Waals surface area contributed by atoms with Crippen LogP contribution in [0, 0.1) is 12.8 Å². The van der Waals surface area contributed by atoms with Crippen molar-refractivity contribution in [3.05, 3.63) is 35.4 Å². The van der Waals surface area contributed by atoms with E-state index in [-0.39, 0.29) is 17.9 Å². The molecule has 1 aliphatic rings. The largest absolute Gasteiger partial charge is 0.349 e. The number of amides is 1. The summed E-state index contributed by atoms with van der Waals surface area (Å²) in [5, 5.41) is 6.41. The van der Waals surface area contributed by atoms with Crippen molar-refractivity contribution in [3.8, 4) is 0 Å². The fourth-order valence-corrected chi connectivity index (χ4v) is 2.56. The standard InChI is InChI=1S/C15H22N2O/c1-11-6-3-4-8-14(11)12(2)17-15(18)13-7-5-9-16-10-13/h3-4,6,8,12-13,16H,5,7,9-10H2,1-2H3,(H,17,18)/t12-,13?/m1/s1. The first-order valence-electron chi connectivity index (χ1n) is 6.75. The molecule has 2 atom stereocenters. The SMILES string of the molecule is Cc1ccccc1[C@@H](C)NC(=O)C1CCCNC1. The zero-order valence-corrected chi connectivity index (χ0v) is 11.2. The van der Waals surface area contributed by atoms with Crippen molar-refractivity contribution in [1.82, 2.24) is 10.6 Å². The maximum Gasteiger partial charge on any atom is 0.224 e. The number of carbonyl (C=O) groups excluding carboxylic acids is 1. The Balaban J connectivity index is 1.96. The van der Waals surface area contributed by atoms with E-state index in [0.717, 1.165) is 25.9 Å². The summed E-state index contributed by atoms with van der Waals surface area (Å²) in [6, 6.07) is 8.30. The van der Waals surface area contributed by atoms with Crippen LogP contribution in [0.3, 0.4) is 0 Å². The number of rotatable bonds is 3. The van der Waals surface area contributed by atoms with Crippen LogP contribution >= 0.6 is 0 Å². The van der Waals surface area contributed by atoms with E-state index in [1.165, 1.54) is 11.1 Å². The molecular formula is C15H22N2O. The highest BCUT2D eigenvalue weighted by atomic mass is 16.1. The van der Waals surface area contributed by atoms with Crippen LogP contribution in [0.4, 0.5) is 0 Å². The molecule has 3 nitrogen and oxygen atoms in total. The van der Waals surface area contributed by atoms with Crippen molar-refractivity contribution in [2.24, 2.45) is 5.92 Å². The molecule has 2 N–H and O–H groups in total. The lowest BCUT2D eigenvalue weighted by Gasteiger charge is -2.24. The summed E-state index contributed by atoms with van der Waals surface area (Å²) in [5.41, 5.74) is 2.43. The second kappa shape index (κ2) is 6.01. The summed E-state index contributed by atoms with van der Waals surface area (Å²) < 4.78 is 0. The monoisotopic (exact) mass is 246 g/mol. The molecule has 0 aliphatic carbocycles. The topological polar surface area (TPSA) is 41.1 Å². The van der Waals surface area contributed by atoms with Gasteiger partial charge < -0.3 is 10.6 Å². The number of hydrogen-bond acceptors (Lipinski definition) is 2. The van der Waals surface area contributed by atoms with E-state index in [2.05, 4.69) is 36.6 Å². The number of nitrogens with one attached hydrogen (secondary N) is 2. The molecule has 1 fully saturated rings. The number of aryl methyl sites for hydroxylation is 1. The van der Waals surface area contributed by atoms with Crippen LogP contribution in [0.25, 0.3) is 0 Å². The third kappa shape index (κ3) is 3.10. The van der Waals surface area contributed by atoms with E-state index in [1.54, 1.807) is 0 Å². The fraction of sp³-hybridized carbons (Fsp3) is 0.533. The van der Waals surface area contributed by atoms with Gasteiger partial charge in [0, 0.05) is 6.54 Å². The number of piperidine rings is 1. The maximum atomic E-state index is 12.1. The second-order valence-electron chi connectivity index (χ2n) is 5.13. The third-order valence-corrected chi connectivity index (χ3v) is 3.68. The summed E-state index contributed by atoms with van der Waals surface area (Å²) in [6.07, 6.45) is 2.09. The quantitative estimate of drug-likeness (QED) is 0.858. The lowest BCUT2D eigenvalue weighted by molar-refractivity contribution is -0.126. The molecule has 2 rings (SSSR count). The highest BCUT2D eigenvalue weighted by molar-refractivity contribution is 5.79. The lowest BCUT2D eigenvalue weighted by Crippen LogP contribution is -2.41. The molecule has 1 aromatic rings. The molecule has 1 saturated heterocycles. The first-order valence-corrected chi connectivity index (χ1v) is 6.75. The van der Waals surface area contributed by atoms with Gasteiger partial charge in [0.05, 0.1) is 12.0 Å². The van der Waals surface area contributed by atoms with Crippen LogP contribution in [0.5, 0.6) is 0 Å². The molecule has 1 amide bonds. The van der Waals surface area contributed by atoms with Gasteiger partial charge in [0.25, 0.3) is 0 Å². The summed E-state index contributed by atoms with van der Waals surface area (Å²) in [5.74, 6) is 0.308. The first kappa shape index (κ1) is 13.1. The van der Waals surface area contributed by atoms with Crippen LogP contribution < -0.4 is 10.6 Å². The van der Waals surface area contributed by atoms with E-state index >= 15 is 0 Å². The lowest BCUT2D eigenvalue weighted by atomic mass is 9.97. The Kier molecular flexibility index (Phi) is 4.37. The first-order chi connectivity index (χ1) is 8.68. The Morgan fingerprint density at radius 2 is 2.22 bits per heavy atom. The van der Waals surface area contributed by atoms with Gasteiger partial charge in [-0.15, -0.1) is 0 Å². The van der Waals surface area contributed by atoms with Gasteiger partial charge in [0.2, 0.25) is 5.91 Å². The van der Waals surface area contributed by atoms with Crippen molar-refractivity contribution in [1.29, 1.82) is 0 Å². The minimum atomic E-state index is 0.0839. The van der Waals surface area contributed by atoms with Gasteiger partial charge >= 0.3 is 0 Å². The zero-order chi connectivity index (χ0) is 13.0. The van der Waals surface area contributed by atoms with Crippen molar-refractivity contribution >= 4 is 5.91 Å². The Bertz CT molecular complexity index is 411. The summed E-state index contributed by atoms with van der Waals surface area (Å²) in [4.78, 5) is 12.1. The molecule has 3 heteroatoms. The third-order valence-electron chi connectivity index (χ3n) is 3.68. The Hall–Kier alpha value is -1.35. The second-order valence-corrected chi connectivity index (χ2v) is 5.13. The summed E-state index contributed by atoms with van der Waals surface area (Å²) in [7, 11) is 0. The highest BCUT2D eigenvalue weighted by Gasteiger charge is 2.22. The van der Waals surface area contributed by atoms with E-state index in [4.69, 9.17) is 0 Å². The van der Waals surface area contributed by atoms with Gasteiger partial charge in [-0.05, 0) is 44.4 Å². The zero-order valence-electron chi connectivity index (χ0n) is 11.2. The Labute approximate surface area is 109 Å². The molecule has 0 spiro atoms. The van der Waals surface area contributed by atoms with E-state index in [0.29, 0.717) is 0 Å². The van der Waals surface area contributed by atoms with Gasteiger partial charge in [-0.1, -0.05) is 24.3 Å². The molecule has 1 unspecified atom stereocenters. The van der Waals surface area contributed by atoms with Gasteiger partial charge in [0.15, 0.2) is 0 Å².